The van der Waals surface area contributed by atoms with Gasteiger partial charge in [0.25, 0.3) is 0 Å². The summed E-state index contributed by atoms with van der Waals surface area (Å²) in [5, 5.41) is 0. The fourth-order valence-electron chi connectivity index (χ4n) is 0.203. The predicted octanol–water partition coefficient (Wildman–Crippen LogP) is -1.14. The van der Waals surface area contributed by atoms with Gasteiger partial charge in [-0.25, -0.2) is 0 Å². The van der Waals surface area contributed by atoms with Gasteiger partial charge in [0.15, 0.2) is 0 Å². The third-order valence-electron chi connectivity index (χ3n) is 0.553. The van der Waals surface area contributed by atoms with Crippen LogP contribution in [-0.4, -0.2) is 38.5 Å². The van der Waals surface area contributed by atoms with Crippen LogP contribution in [-0.2, 0) is 9.53 Å². The average molecular weight is 111 g/mol. The van der Waals surface area contributed by atoms with Crippen molar-refractivity contribution in [2.24, 2.45) is 5.73 Å². The van der Waals surface area contributed by atoms with Crippen LogP contribution in [0.15, 0.2) is 0 Å². The van der Waals surface area contributed by atoms with Crippen molar-refractivity contribution in [2.75, 3.05) is 13.7 Å². The van der Waals surface area contributed by atoms with Crippen molar-refractivity contribution < 1.29 is 9.53 Å². The van der Waals surface area contributed by atoms with Gasteiger partial charge in [-0.2, -0.15) is 0 Å². The fourth-order valence-corrected chi connectivity index (χ4v) is 0.203. The van der Waals surface area contributed by atoms with Crippen LogP contribution in [0.1, 0.15) is 6.42 Å². The molecular formula is C4H10LiNO2. The van der Waals surface area contributed by atoms with Crippen LogP contribution < -0.4 is 5.73 Å². The van der Waals surface area contributed by atoms with Gasteiger partial charge in [-0.05, 0) is 0 Å². The molecule has 44 valence electrons. The Kier molecular flexibility index (Phi) is 9.59. The summed E-state index contributed by atoms with van der Waals surface area (Å²) < 4.78 is 4.55. The minimum absolute atomic E-state index is 0. The number of ether oxygens (including phenoxy) is 1. The normalized spacial score (nSPS) is 7.62. The molecule has 4 heteroatoms. The SMILES string of the molecule is COCCC(N)=O.[LiH]. The second-order valence-corrected chi connectivity index (χ2v) is 1.21. The number of rotatable bonds is 3. The molecule has 0 atom stereocenters. The Labute approximate surface area is 60.7 Å². The summed E-state index contributed by atoms with van der Waals surface area (Å²) in [5.74, 6) is -0.318. The van der Waals surface area contributed by atoms with E-state index in [0.29, 0.717) is 13.0 Å². The van der Waals surface area contributed by atoms with Gasteiger partial charge < -0.3 is 10.5 Å². The Morgan fingerprint density at radius 1 is 1.75 bits per heavy atom. The van der Waals surface area contributed by atoms with Crippen molar-refractivity contribution >= 4 is 24.8 Å². The number of carbonyl (C=O) groups excluding carboxylic acids is 1. The number of nitrogens with two attached hydrogens (primary N) is 1. The Balaban J connectivity index is 0. The molecular weight excluding hydrogens is 101 g/mol. The molecule has 0 aromatic heterocycles. The van der Waals surface area contributed by atoms with E-state index in [0.717, 1.165) is 0 Å². The van der Waals surface area contributed by atoms with Crippen molar-refractivity contribution in [2.45, 2.75) is 6.42 Å². The molecule has 0 heterocycles. The molecule has 0 fully saturated rings. The van der Waals surface area contributed by atoms with E-state index in [4.69, 9.17) is 5.73 Å². The zero-order chi connectivity index (χ0) is 5.70. The second kappa shape index (κ2) is 7.03. The predicted molar refractivity (Wildman–Crippen MR) is 32.8 cm³/mol. The van der Waals surface area contributed by atoms with Crippen molar-refractivity contribution in [3.8, 4) is 0 Å². The fraction of sp³-hybridized carbons (Fsp3) is 0.750. The molecule has 0 aliphatic rings. The molecule has 1 amide bonds. The van der Waals surface area contributed by atoms with E-state index in [9.17, 15) is 4.79 Å². The van der Waals surface area contributed by atoms with Crippen molar-refractivity contribution in [1.82, 2.24) is 0 Å². The van der Waals surface area contributed by atoms with Gasteiger partial charge in [0, 0.05) is 13.5 Å². The van der Waals surface area contributed by atoms with Gasteiger partial charge >= 0.3 is 18.9 Å². The molecule has 0 rings (SSSR count). The van der Waals surface area contributed by atoms with Crippen LogP contribution in [0, 0.1) is 0 Å². The molecule has 0 aliphatic carbocycles. The van der Waals surface area contributed by atoms with Gasteiger partial charge in [0.05, 0.1) is 6.61 Å². The summed E-state index contributed by atoms with van der Waals surface area (Å²) in [6, 6.07) is 0. The standard InChI is InChI=1S/C4H9NO2.Li.H/c1-7-3-2-4(5)6;;/h2-3H2,1H3,(H2,5,6);;. The molecule has 0 saturated carbocycles. The van der Waals surface area contributed by atoms with Crippen LogP contribution >= 0.6 is 0 Å². The number of hydrogen-bond donors (Lipinski definition) is 1. The number of carbonyl (C=O) groups is 1. The van der Waals surface area contributed by atoms with Gasteiger partial charge in [-0.15, -0.1) is 0 Å². The van der Waals surface area contributed by atoms with Crippen LogP contribution in [0.4, 0.5) is 0 Å². The van der Waals surface area contributed by atoms with E-state index < -0.39 is 0 Å². The summed E-state index contributed by atoms with van der Waals surface area (Å²) >= 11 is 0. The minimum atomic E-state index is -0.318. The zero-order valence-corrected chi connectivity index (χ0v) is 4.31. The number of methoxy groups -OCH3 is 1. The van der Waals surface area contributed by atoms with E-state index in [1.165, 1.54) is 7.11 Å². The molecule has 0 spiro atoms. The summed E-state index contributed by atoms with van der Waals surface area (Å²) in [6.07, 6.45) is 0.316. The van der Waals surface area contributed by atoms with Gasteiger partial charge in [-0.3, -0.25) is 4.79 Å². The van der Waals surface area contributed by atoms with Crippen LogP contribution in [0.25, 0.3) is 0 Å². The third kappa shape index (κ3) is 9.39. The summed E-state index contributed by atoms with van der Waals surface area (Å²) in [4.78, 5) is 9.90. The van der Waals surface area contributed by atoms with Crippen LogP contribution in [0.2, 0.25) is 0 Å². The molecule has 8 heavy (non-hydrogen) atoms. The first-order valence-electron chi connectivity index (χ1n) is 2.04. The Bertz CT molecular complexity index is 67.1. The molecule has 0 bridgehead atoms. The number of hydrogen-bond acceptors (Lipinski definition) is 2. The van der Waals surface area contributed by atoms with Crippen molar-refractivity contribution in [3.63, 3.8) is 0 Å². The summed E-state index contributed by atoms with van der Waals surface area (Å²) in [7, 11) is 1.53. The average Bonchev–Trinajstić information content (AvgIpc) is 1.61. The van der Waals surface area contributed by atoms with Gasteiger partial charge in [0.2, 0.25) is 5.91 Å². The molecule has 0 radical (unpaired) electrons. The van der Waals surface area contributed by atoms with Gasteiger partial charge in [-0.1, -0.05) is 0 Å². The first-order valence-corrected chi connectivity index (χ1v) is 2.04. The molecule has 2 N–H and O–H groups in total. The molecule has 3 nitrogen and oxygen atoms in total. The maximum atomic E-state index is 9.90. The second-order valence-electron chi connectivity index (χ2n) is 1.21. The maximum absolute atomic E-state index is 9.90. The van der Waals surface area contributed by atoms with Crippen LogP contribution in [0.5, 0.6) is 0 Å². The number of amides is 1. The molecule has 0 aromatic carbocycles. The first-order chi connectivity index (χ1) is 3.27. The van der Waals surface area contributed by atoms with E-state index >= 15 is 0 Å². The molecule has 0 saturated heterocycles. The third-order valence-corrected chi connectivity index (χ3v) is 0.553. The molecule has 0 aromatic rings. The monoisotopic (exact) mass is 111 g/mol. The quantitative estimate of drug-likeness (QED) is 0.468. The van der Waals surface area contributed by atoms with Crippen molar-refractivity contribution in [1.29, 1.82) is 0 Å². The van der Waals surface area contributed by atoms with Crippen LogP contribution in [0.3, 0.4) is 0 Å². The number of primary amides is 1. The first kappa shape index (κ1) is 10.9. The Hall–Kier alpha value is 0.0274. The van der Waals surface area contributed by atoms with E-state index in [2.05, 4.69) is 4.74 Å². The van der Waals surface area contributed by atoms with Crippen molar-refractivity contribution in [3.05, 3.63) is 0 Å². The van der Waals surface area contributed by atoms with E-state index in [1.807, 2.05) is 0 Å². The molecule has 0 unspecified atom stereocenters. The summed E-state index contributed by atoms with van der Waals surface area (Å²) in [6.45, 7) is 0.426. The topological polar surface area (TPSA) is 52.3 Å². The van der Waals surface area contributed by atoms with Gasteiger partial charge in [0.1, 0.15) is 0 Å². The van der Waals surface area contributed by atoms with E-state index in [-0.39, 0.29) is 24.8 Å². The summed E-state index contributed by atoms with van der Waals surface area (Å²) in [5.41, 5.74) is 4.76. The van der Waals surface area contributed by atoms with E-state index in [1.54, 1.807) is 0 Å². The zero-order valence-electron chi connectivity index (χ0n) is 4.31. The Morgan fingerprint density at radius 2 is 2.25 bits per heavy atom. The molecule has 0 aliphatic heterocycles. The Morgan fingerprint density at radius 3 is 2.38 bits per heavy atom.